The number of piperidine rings is 1. The molecule has 8 heteroatoms. The SMILES string of the molecule is CCc1nc2c3cnc(c(F)c3n1)-c1cc(C)cc(Cl)c1CCCCCCCCC1CCCN2C1.FC1CC2CCCN2C1. The minimum Gasteiger partial charge on any atom is -0.356 e. The van der Waals surface area contributed by atoms with Gasteiger partial charge in [0.2, 0.25) is 0 Å². The number of pyridine rings is 1. The molecule has 0 radical (unpaired) electrons. The Kier molecular flexibility index (Phi) is 10.3. The summed E-state index contributed by atoms with van der Waals surface area (Å²) in [7, 11) is 0. The van der Waals surface area contributed by atoms with Gasteiger partial charge in [0.05, 0.1) is 5.39 Å². The lowest BCUT2D eigenvalue weighted by Gasteiger charge is -2.34. The van der Waals surface area contributed by atoms with Crippen molar-refractivity contribution in [2.45, 2.75) is 116 Å². The molecule has 3 atom stereocenters. The first-order valence-corrected chi connectivity index (χ1v) is 17.6. The van der Waals surface area contributed by atoms with E-state index in [9.17, 15) is 4.39 Å². The van der Waals surface area contributed by atoms with Gasteiger partial charge in [0.15, 0.2) is 5.82 Å². The van der Waals surface area contributed by atoms with Crippen LogP contribution in [0.5, 0.6) is 0 Å². The monoisotopic (exact) mass is 623 g/mol. The van der Waals surface area contributed by atoms with Crippen LogP contribution in [-0.4, -0.2) is 58.2 Å². The van der Waals surface area contributed by atoms with Gasteiger partial charge in [-0.1, -0.05) is 50.6 Å². The first-order valence-electron chi connectivity index (χ1n) is 17.2. The van der Waals surface area contributed by atoms with E-state index in [2.05, 4.69) is 19.8 Å². The number of aromatic nitrogens is 3. The van der Waals surface area contributed by atoms with Gasteiger partial charge in [0.25, 0.3) is 0 Å². The molecular formula is C36H48ClF2N5. The summed E-state index contributed by atoms with van der Waals surface area (Å²) in [4.78, 5) is 18.9. The van der Waals surface area contributed by atoms with Crippen LogP contribution in [-0.2, 0) is 12.8 Å². The summed E-state index contributed by atoms with van der Waals surface area (Å²) in [5.41, 5.74) is 3.53. The third kappa shape index (κ3) is 7.04. The van der Waals surface area contributed by atoms with E-state index in [1.54, 1.807) is 6.20 Å². The van der Waals surface area contributed by atoms with Gasteiger partial charge in [0.1, 0.15) is 29.0 Å². The summed E-state index contributed by atoms with van der Waals surface area (Å²) in [6, 6.07) is 4.61. The van der Waals surface area contributed by atoms with Crippen LogP contribution in [0.15, 0.2) is 18.3 Å². The molecule has 0 aliphatic carbocycles. The van der Waals surface area contributed by atoms with Crippen LogP contribution in [0.25, 0.3) is 22.2 Å². The van der Waals surface area contributed by atoms with Gasteiger partial charge < -0.3 is 4.90 Å². The highest BCUT2D eigenvalue weighted by Gasteiger charge is 2.34. The van der Waals surface area contributed by atoms with E-state index in [0.29, 0.717) is 52.4 Å². The van der Waals surface area contributed by atoms with E-state index in [0.717, 1.165) is 67.8 Å². The number of hydrogen-bond donors (Lipinski definition) is 0. The lowest BCUT2D eigenvalue weighted by Crippen LogP contribution is -2.36. The van der Waals surface area contributed by atoms with Crippen molar-refractivity contribution in [1.29, 1.82) is 0 Å². The molecule has 8 rings (SSSR count). The third-order valence-corrected chi connectivity index (χ3v) is 10.5. The predicted octanol–water partition coefficient (Wildman–Crippen LogP) is 9.05. The van der Waals surface area contributed by atoms with Crippen molar-refractivity contribution in [3.05, 3.63) is 46.1 Å². The minimum atomic E-state index is -0.518. The third-order valence-electron chi connectivity index (χ3n) is 10.2. The number of fused-ring (bicyclic) bond motifs is 9. The van der Waals surface area contributed by atoms with Gasteiger partial charge in [-0.3, -0.25) is 9.88 Å². The number of rotatable bonds is 1. The molecule has 0 saturated carbocycles. The predicted molar refractivity (Wildman–Crippen MR) is 177 cm³/mol. The van der Waals surface area contributed by atoms with Crippen LogP contribution in [0.1, 0.15) is 101 Å². The van der Waals surface area contributed by atoms with Gasteiger partial charge in [0, 0.05) is 48.9 Å². The maximum Gasteiger partial charge on any atom is 0.175 e. The first-order chi connectivity index (χ1) is 21.4. The molecule has 5 aliphatic heterocycles. The molecule has 3 aromatic rings. The average molecular weight is 624 g/mol. The summed E-state index contributed by atoms with van der Waals surface area (Å²) in [5, 5.41) is 1.41. The zero-order valence-corrected chi connectivity index (χ0v) is 27.3. The fraction of sp³-hybridized carbons (Fsp3) is 0.639. The summed E-state index contributed by atoms with van der Waals surface area (Å²) in [6.45, 7) is 7.82. The Labute approximate surface area is 266 Å². The number of alkyl halides is 1. The van der Waals surface area contributed by atoms with E-state index < -0.39 is 6.17 Å². The van der Waals surface area contributed by atoms with Crippen LogP contribution in [0, 0.1) is 18.7 Å². The number of benzene rings is 1. The van der Waals surface area contributed by atoms with E-state index in [1.165, 1.54) is 57.8 Å². The summed E-state index contributed by atoms with van der Waals surface area (Å²) in [5.74, 6) is 1.84. The Bertz CT molecular complexity index is 1440. The molecule has 0 amide bonds. The molecular weight excluding hydrogens is 576 g/mol. The van der Waals surface area contributed by atoms with Crippen LogP contribution >= 0.6 is 11.6 Å². The van der Waals surface area contributed by atoms with Crippen molar-refractivity contribution in [2.24, 2.45) is 5.92 Å². The largest absolute Gasteiger partial charge is 0.356 e. The molecule has 5 aliphatic rings. The molecule has 2 aromatic heterocycles. The number of halogens is 3. The molecule has 1 aromatic carbocycles. The Morgan fingerprint density at radius 1 is 0.932 bits per heavy atom. The van der Waals surface area contributed by atoms with Crippen LogP contribution < -0.4 is 4.90 Å². The first kappa shape index (κ1) is 31.6. The van der Waals surface area contributed by atoms with Crippen molar-refractivity contribution in [1.82, 2.24) is 19.9 Å². The lowest BCUT2D eigenvalue weighted by atomic mass is 9.91. The fourth-order valence-corrected chi connectivity index (χ4v) is 8.24. The molecule has 3 fully saturated rings. The maximum atomic E-state index is 16.2. The van der Waals surface area contributed by atoms with E-state index in [4.69, 9.17) is 16.6 Å². The second-order valence-electron chi connectivity index (χ2n) is 13.5. The fourth-order valence-electron chi connectivity index (χ4n) is 7.87. The summed E-state index contributed by atoms with van der Waals surface area (Å²) >= 11 is 6.71. The zero-order valence-electron chi connectivity index (χ0n) is 26.6. The van der Waals surface area contributed by atoms with Gasteiger partial charge in [-0.05, 0) is 94.0 Å². The van der Waals surface area contributed by atoms with E-state index >= 15 is 4.39 Å². The Morgan fingerprint density at radius 2 is 1.70 bits per heavy atom. The highest BCUT2D eigenvalue weighted by atomic mass is 35.5. The molecule has 0 N–H and O–H groups in total. The van der Waals surface area contributed by atoms with Crippen LogP contribution in [0.2, 0.25) is 5.02 Å². The number of nitrogens with zero attached hydrogens (tertiary/aromatic N) is 5. The van der Waals surface area contributed by atoms with Gasteiger partial charge in [-0.25, -0.2) is 18.7 Å². The van der Waals surface area contributed by atoms with Gasteiger partial charge in [-0.2, -0.15) is 0 Å². The quantitative estimate of drug-likeness (QED) is 0.271. The normalized spacial score (nSPS) is 24.5. The number of anilines is 1. The Balaban J connectivity index is 0.000000323. The van der Waals surface area contributed by atoms with Crippen LogP contribution in [0.3, 0.4) is 0 Å². The second-order valence-corrected chi connectivity index (χ2v) is 13.9. The van der Waals surface area contributed by atoms with E-state index in [-0.39, 0.29) is 5.82 Å². The summed E-state index contributed by atoms with van der Waals surface area (Å²) < 4.78 is 28.8. The zero-order chi connectivity index (χ0) is 30.6. The molecule has 0 spiro atoms. The molecule has 6 bridgehead atoms. The minimum absolute atomic E-state index is 0.349. The number of hydrogen-bond acceptors (Lipinski definition) is 5. The standard InChI is InChI=1S/C29H36ClFN4.C7H12FN/c1-3-25-33-28-23-17-32-27(26(28)31)22-15-19(2)16-24(30)21(22)13-9-7-5-4-6-8-11-20-12-10-14-35(18-20)29(23)34-25;8-6-4-7-2-1-3-9(7)5-6/h15-17,20H,3-14,18H2,1-2H3;6-7H,1-5H2. The molecule has 5 nitrogen and oxygen atoms in total. The summed E-state index contributed by atoms with van der Waals surface area (Å²) in [6.07, 6.45) is 17.1. The van der Waals surface area contributed by atoms with Crippen molar-refractivity contribution in [3.63, 3.8) is 0 Å². The van der Waals surface area contributed by atoms with Crippen LogP contribution in [0.4, 0.5) is 14.6 Å². The van der Waals surface area contributed by atoms with Crippen molar-refractivity contribution in [3.8, 4) is 11.3 Å². The molecule has 238 valence electrons. The Morgan fingerprint density at radius 3 is 2.52 bits per heavy atom. The highest BCUT2D eigenvalue weighted by molar-refractivity contribution is 6.31. The van der Waals surface area contributed by atoms with Crippen molar-refractivity contribution >= 4 is 28.3 Å². The smallest absolute Gasteiger partial charge is 0.175 e. The van der Waals surface area contributed by atoms with E-state index in [1.807, 2.05) is 26.0 Å². The molecule has 44 heavy (non-hydrogen) atoms. The number of aryl methyl sites for hydroxylation is 2. The Hall–Kier alpha value is -2.38. The maximum absolute atomic E-state index is 16.2. The highest BCUT2D eigenvalue weighted by Crippen LogP contribution is 2.37. The molecule has 7 heterocycles. The van der Waals surface area contributed by atoms with Crippen molar-refractivity contribution < 1.29 is 8.78 Å². The topological polar surface area (TPSA) is 45.2 Å². The van der Waals surface area contributed by atoms with Gasteiger partial charge >= 0.3 is 0 Å². The average Bonchev–Trinajstić information content (AvgIpc) is 3.60. The van der Waals surface area contributed by atoms with Crippen molar-refractivity contribution in [2.75, 3.05) is 31.1 Å². The molecule has 3 saturated heterocycles. The molecule has 3 unspecified atom stereocenters. The lowest BCUT2D eigenvalue weighted by molar-refractivity contribution is 0.292. The second kappa shape index (κ2) is 14.4. The van der Waals surface area contributed by atoms with Gasteiger partial charge in [-0.15, -0.1) is 0 Å².